The van der Waals surface area contributed by atoms with E-state index < -0.39 is 77.5 Å². The van der Waals surface area contributed by atoms with E-state index in [1.54, 1.807) is 55.6 Å². The molecule has 55 heavy (non-hydrogen) atoms. The van der Waals surface area contributed by atoms with E-state index >= 15 is 0 Å². The van der Waals surface area contributed by atoms with Crippen molar-refractivity contribution in [3.05, 3.63) is 21.8 Å². The van der Waals surface area contributed by atoms with Crippen molar-refractivity contribution in [2.45, 2.75) is 168 Å². The second-order valence-electron chi connectivity index (χ2n) is 16.7. The van der Waals surface area contributed by atoms with Gasteiger partial charge in [-0.3, -0.25) is 9.69 Å². The third kappa shape index (κ3) is 10.6. The fourth-order valence-corrected chi connectivity index (χ4v) is 8.48. The Labute approximate surface area is 327 Å². The zero-order valence-electron chi connectivity index (χ0n) is 35.5. The van der Waals surface area contributed by atoms with Crippen LogP contribution in [0.25, 0.3) is 10.4 Å². The highest BCUT2D eigenvalue weighted by molar-refractivity contribution is 5.89. The lowest BCUT2D eigenvalue weighted by molar-refractivity contribution is -0.285. The molecule has 314 valence electrons. The summed E-state index contributed by atoms with van der Waals surface area (Å²) in [5.41, 5.74) is 6.44. The van der Waals surface area contributed by atoms with Gasteiger partial charge >= 0.3 is 18.0 Å². The average Bonchev–Trinajstić information content (AvgIpc) is 3.37. The predicted molar refractivity (Wildman–Crippen MR) is 203 cm³/mol. The van der Waals surface area contributed by atoms with Gasteiger partial charge in [-0.2, -0.15) is 0 Å². The molecular formula is C39H67N5O11. The molecule has 3 aliphatic heterocycles. The largest absolute Gasteiger partial charge is 0.460 e. The Kier molecular flexibility index (Phi) is 15.9. The summed E-state index contributed by atoms with van der Waals surface area (Å²) in [5, 5.41) is 14.6. The van der Waals surface area contributed by atoms with Gasteiger partial charge in [-0.25, -0.2) is 9.59 Å². The molecule has 4 unspecified atom stereocenters. The number of aliphatic hydroxyl groups excluding tert-OH is 1. The number of esters is 2. The molecule has 0 bridgehead atoms. The van der Waals surface area contributed by atoms with E-state index in [-0.39, 0.29) is 37.6 Å². The Morgan fingerprint density at radius 2 is 1.80 bits per heavy atom. The van der Waals surface area contributed by atoms with Crippen molar-refractivity contribution in [2.24, 2.45) is 22.9 Å². The van der Waals surface area contributed by atoms with Crippen LogP contribution in [0.4, 0.5) is 4.79 Å². The van der Waals surface area contributed by atoms with Crippen LogP contribution in [0.2, 0.25) is 0 Å². The first kappa shape index (κ1) is 46.2. The third-order valence-electron chi connectivity index (χ3n) is 11.6. The highest BCUT2D eigenvalue weighted by Crippen LogP contribution is 2.42. The first-order valence-electron chi connectivity index (χ1n) is 19.6. The molecule has 1 N–H and O–H groups in total. The first-order chi connectivity index (χ1) is 25.6. The van der Waals surface area contributed by atoms with Gasteiger partial charge in [0.25, 0.3) is 0 Å². The van der Waals surface area contributed by atoms with Gasteiger partial charge in [-0.05, 0) is 86.3 Å². The van der Waals surface area contributed by atoms with E-state index in [9.17, 15) is 19.5 Å². The summed E-state index contributed by atoms with van der Waals surface area (Å²) in [7, 11) is 5.62. The van der Waals surface area contributed by atoms with Gasteiger partial charge in [0.2, 0.25) is 5.79 Å². The van der Waals surface area contributed by atoms with Crippen LogP contribution in [0.3, 0.4) is 0 Å². The van der Waals surface area contributed by atoms with Crippen molar-refractivity contribution in [1.29, 1.82) is 0 Å². The van der Waals surface area contributed by atoms with Gasteiger partial charge in [0, 0.05) is 56.8 Å². The summed E-state index contributed by atoms with van der Waals surface area (Å²) in [6, 6.07) is -0.628. The average molecular weight is 782 g/mol. The van der Waals surface area contributed by atoms with E-state index in [0.29, 0.717) is 30.6 Å². The number of methoxy groups -OCH3 is 1. The molecule has 12 atom stereocenters. The van der Waals surface area contributed by atoms with E-state index in [1.165, 1.54) is 4.90 Å². The van der Waals surface area contributed by atoms with Crippen molar-refractivity contribution < 1.29 is 52.6 Å². The number of cyclic esters (lactones) is 2. The van der Waals surface area contributed by atoms with E-state index in [2.05, 4.69) is 21.8 Å². The quantitative estimate of drug-likeness (QED) is 0.0397. The highest BCUT2D eigenvalue weighted by atomic mass is 16.7. The molecule has 0 aliphatic carbocycles. The molecular weight excluding hydrogens is 714 g/mol. The molecule has 2 saturated heterocycles. The molecule has 2 fully saturated rings. The fourth-order valence-electron chi connectivity index (χ4n) is 8.48. The second kappa shape index (κ2) is 18.9. The standard InChI is InChI=1S/C39H67N5O11/c1-15-29(45)39(11)31(44(36(48)55-39)19-17-16-18-41-42-40)27(7)51-33(46)22(2)21-38(10,49-14)32(25(5)30-26(6)34(47)54-37(8,9)53-30)52-35-24(4)28(43(12)13)20-23(3)50-35/h22-25,27-29,31-32,35,45H,15-21H2,1-14H3/t22-,23?,24?,25+,27-,28?,29-,31-,32-,35?,38-,39-/m1/s1. The molecule has 0 aromatic rings. The number of ether oxygens (including phenoxy) is 7. The number of amides is 1. The second-order valence-corrected chi connectivity index (χ2v) is 16.7. The molecule has 3 aliphatic rings. The zero-order valence-corrected chi connectivity index (χ0v) is 35.5. The molecule has 0 aromatic heterocycles. The van der Waals surface area contributed by atoms with Gasteiger partial charge in [0.1, 0.15) is 17.9 Å². The first-order valence-corrected chi connectivity index (χ1v) is 19.6. The van der Waals surface area contributed by atoms with E-state index in [4.69, 9.17) is 38.7 Å². The summed E-state index contributed by atoms with van der Waals surface area (Å²) in [6.45, 7) is 20.2. The molecule has 0 aromatic carbocycles. The van der Waals surface area contributed by atoms with Gasteiger partial charge in [-0.1, -0.05) is 32.8 Å². The number of azide groups is 1. The summed E-state index contributed by atoms with van der Waals surface area (Å²) < 4.78 is 43.4. The van der Waals surface area contributed by atoms with Crippen LogP contribution in [0, 0.1) is 17.8 Å². The number of carbonyl (C=O) groups is 3. The topological polar surface area (TPSA) is 191 Å². The summed E-state index contributed by atoms with van der Waals surface area (Å²) in [6.07, 6.45) is -1.73. The Bertz CT molecular complexity index is 1440. The summed E-state index contributed by atoms with van der Waals surface area (Å²) in [5.74, 6) is -3.20. The van der Waals surface area contributed by atoms with Crippen LogP contribution < -0.4 is 0 Å². The molecule has 16 nitrogen and oxygen atoms in total. The Hall–Kier alpha value is -3.14. The number of aliphatic hydroxyl groups is 1. The molecule has 1 amide bonds. The lowest BCUT2D eigenvalue weighted by Crippen LogP contribution is -2.57. The third-order valence-corrected chi connectivity index (χ3v) is 11.6. The predicted octanol–water partition coefficient (Wildman–Crippen LogP) is 6.10. The number of rotatable bonds is 19. The van der Waals surface area contributed by atoms with Crippen LogP contribution in [0.15, 0.2) is 16.4 Å². The van der Waals surface area contributed by atoms with Crippen molar-refractivity contribution in [2.75, 3.05) is 34.3 Å². The highest BCUT2D eigenvalue weighted by Gasteiger charge is 2.58. The minimum Gasteiger partial charge on any atom is -0.460 e. The van der Waals surface area contributed by atoms with Gasteiger partial charge in [0.15, 0.2) is 11.9 Å². The molecule has 0 saturated carbocycles. The molecule has 3 heterocycles. The molecule has 0 radical (unpaired) electrons. The Morgan fingerprint density at radius 1 is 1.15 bits per heavy atom. The van der Waals surface area contributed by atoms with Crippen LogP contribution in [0.1, 0.15) is 108 Å². The van der Waals surface area contributed by atoms with Crippen molar-refractivity contribution in [3.63, 3.8) is 0 Å². The zero-order chi connectivity index (χ0) is 41.6. The lowest BCUT2D eigenvalue weighted by Gasteiger charge is -2.48. The number of carbonyl (C=O) groups excluding carboxylic acids is 3. The number of unbranched alkanes of at least 4 members (excludes halogenated alkanes) is 1. The molecule has 0 spiro atoms. The minimum absolute atomic E-state index is 0.0415. The number of hydrogen-bond acceptors (Lipinski definition) is 13. The van der Waals surface area contributed by atoms with Crippen LogP contribution in [-0.4, -0.2) is 127 Å². The van der Waals surface area contributed by atoms with Crippen LogP contribution in [0.5, 0.6) is 0 Å². The maximum Gasteiger partial charge on any atom is 0.411 e. The maximum absolute atomic E-state index is 14.1. The van der Waals surface area contributed by atoms with Crippen LogP contribution in [-0.2, 0) is 42.7 Å². The van der Waals surface area contributed by atoms with Crippen LogP contribution >= 0.6 is 0 Å². The normalized spacial score (nSPS) is 30.6. The van der Waals surface area contributed by atoms with Crippen molar-refractivity contribution in [3.8, 4) is 0 Å². The Morgan fingerprint density at radius 3 is 2.38 bits per heavy atom. The smallest absolute Gasteiger partial charge is 0.411 e. The maximum atomic E-state index is 14.1. The lowest BCUT2D eigenvalue weighted by atomic mass is 9.80. The molecule has 3 rings (SSSR count). The van der Waals surface area contributed by atoms with Gasteiger partial charge in [0.05, 0.1) is 35.4 Å². The SMILES string of the molecule is CC[C@@H](O)[C@@]1(C)OC(=O)N(CCCCN=[N+]=[N-])[C@@H]1[C@@H](C)OC(=O)[C@H](C)C[C@@](C)(OC)[C@H](OC1OC(C)CC(N(C)C)C1C)[C@@H](C)C1=C(C)C(=O)OC(C)(C)O1. The van der Waals surface area contributed by atoms with E-state index in [0.717, 1.165) is 6.42 Å². The number of nitrogens with zero attached hydrogens (tertiary/aromatic N) is 5. The minimum atomic E-state index is -1.35. The van der Waals surface area contributed by atoms with Gasteiger partial charge in [-0.15, -0.1) is 0 Å². The van der Waals surface area contributed by atoms with E-state index in [1.807, 2.05) is 34.9 Å². The Balaban J connectivity index is 1.95. The summed E-state index contributed by atoms with van der Waals surface area (Å²) in [4.78, 5) is 46.7. The fraction of sp³-hybridized carbons (Fsp3) is 0.872. The van der Waals surface area contributed by atoms with Crippen molar-refractivity contribution in [1.82, 2.24) is 9.80 Å². The number of hydrogen-bond donors (Lipinski definition) is 1. The summed E-state index contributed by atoms with van der Waals surface area (Å²) >= 11 is 0. The van der Waals surface area contributed by atoms with Gasteiger partial charge < -0.3 is 43.2 Å². The molecule has 16 heteroatoms. The van der Waals surface area contributed by atoms with Crippen molar-refractivity contribution >= 4 is 18.0 Å². The monoisotopic (exact) mass is 781 g/mol.